The maximum Gasteiger partial charge on any atom is 0.243 e. The predicted molar refractivity (Wildman–Crippen MR) is 106 cm³/mol. The molecule has 0 spiro atoms. The predicted octanol–water partition coefficient (Wildman–Crippen LogP) is 2.51. The van der Waals surface area contributed by atoms with Crippen LogP contribution in [0.3, 0.4) is 0 Å². The van der Waals surface area contributed by atoms with Crippen LogP contribution in [-0.4, -0.2) is 43.8 Å². The first-order chi connectivity index (χ1) is 13.1. The van der Waals surface area contributed by atoms with Gasteiger partial charge in [0.15, 0.2) is 11.5 Å². The molecule has 4 aromatic rings. The smallest absolute Gasteiger partial charge is 0.243 e. The van der Waals surface area contributed by atoms with Gasteiger partial charge in [0.25, 0.3) is 0 Å². The Morgan fingerprint density at radius 3 is 2.93 bits per heavy atom. The molecule has 140 valence electrons. The first-order valence-electron chi connectivity index (χ1n) is 8.12. The van der Waals surface area contributed by atoms with Crippen molar-refractivity contribution in [3.63, 3.8) is 0 Å². The molecule has 1 N–H and O–H groups in total. The lowest BCUT2D eigenvalue weighted by atomic mass is 10.2. The van der Waals surface area contributed by atoms with Crippen molar-refractivity contribution in [3.8, 4) is 0 Å². The molecular formula is C16H16N6O2S3. The van der Waals surface area contributed by atoms with Crippen molar-refractivity contribution in [1.82, 2.24) is 28.1 Å². The van der Waals surface area contributed by atoms with E-state index in [-0.39, 0.29) is 4.90 Å². The monoisotopic (exact) mass is 420 g/mol. The maximum absolute atomic E-state index is 13.1. The molecule has 1 aromatic carbocycles. The van der Waals surface area contributed by atoms with Gasteiger partial charge in [-0.25, -0.2) is 13.1 Å². The number of sulfonamides is 1. The number of fused-ring (bicyclic) bond motifs is 2. The highest BCUT2D eigenvalue weighted by Crippen LogP contribution is 2.25. The van der Waals surface area contributed by atoms with Crippen LogP contribution in [0.4, 0.5) is 0 Å². The molecule has 3 heterocycles. The number of benzene rings is 1. The van der Waals surface area contributed by atoms with Gasteiger partial charge in [0.05, 0.1) is 17.8 Å². The molecule has 1 atom stereocenters. The number of pyridine rings is 1. The van der Waals surface area contributed by atoms with Gasteiger partial charge < -0.3 is 0 Å². The standard InChI is InChI=1S/C16H16N6O2S3/c1-25-10-8-12(16-18-17-14-7-2-3-9-22(14)16)21-27(23,24)13-6-4-5-11-15(13)20-26-19-11/h2-7,9,12,21H,8,10H2,1H3/t12-/m0/s1. The first-order valence-corrected chi connectivity index (χ1v) is 11.7. The molecule has 0 aliphatic carbocycles. The molecular weight excluding hydrogens is 404 g/mol. The zero-order chi connectivity index (χ0) is 18.9. The van der Waals surface area contributed by atoms with E-state index in [0.29, 0.717) is 28.9 Å². The van der Waals surface area contributed by atoms with Crippen molar-refractivity contribution >= 4 is 50.2 Å². The number of nitrogens with zero attached hydrogens (tertiary/aromatic N) is 5. The molecule has 0 unspecified atom stereocenters. The second-order valence-corrected chi connectivity index (χ2v) is 9.03. The topological polar surface area (TPSA) is 102 Å². The summed E-state index contributed by atoms with van der Waals surface area (Å²) in [6, 6.07) is 10.0. The Hall–Kier alpha value is -2.08. The van der Waals surface area contributed by atoms with E-state index in [2.05, 4.69) is 23.7 Å². The summed E-state index contributed by atoms with van der Waals surface area (Å²) in [5.41, 5.74) is 1.62. The van der Waals surface area contributed by atoms with Crippen LogP contribution in [0, 0.1) is 0 Å². The fraction of sp³-hybridized carbons (Fsp3) is 0.250. The summed E-state index contributed by atoms with van der Waals surface area (Å²) in [6.07, 6.45) is 4.40. The Kier molecular flexibility index (Phi) is 5.08. The molecule has 4 rings (SSSR count). The Morgan fingerprint density at radius 1 is 1.19 bits per heavy atom. The second kappa shape index (κ2) is 7.50. The third-order valence-electron chi connectivity index (χ3n) is 4.10. The zero-order valence-corrected chi connectivity index (χ0v) is 16.8. The van der Waals surface area contributed by atoms with E-state index in [9.17, 15) is 8.42 Å². The van der Waals surface area contributed by atoms with Crippen LogP contribution in [0.2, 0.25) is 0 Å². The summed E-state index contributed by atoms with van der Waals surface area (Å²) >= 11 is 2.64. The molecule has 0 amide bonds. The van der Waals surface area contributed by atoms with Crippen LogP contribution < -0.4 is 4.72 Å². The van der Waals surface area contributed by atoms with Gasteiger partial charge in [0.1, 0.15) is 15.9 Å². The Balaban J connectivity index is 1.74. The van der Waals surface area contributed by atoms with E-state index < -0.39 is 16.1 Å². The summed E-state index contributed by atoms with van der Waals surface area (Å²) in [7, 11) is -3.82. The van der Waals surface area contributed by atoms with Gasteiger partial charge in [-0.3, -0.25) is 4.40 Å². The molecule has 3 aromatic heterocycles. The van der Waals surface area contributed by atoms with Crippen molar-refractivity contribution in [2.45, 2.75) is 17.4 Å². The number of hydrogen-bond donors (Lipinski definition) is 1. The quantitative estimate of drug-likeness (QED) is 0.490. The third-order valence-corrected chi connectivity index (χ3v) is 6.79. The number of aromatic nitrogens is 5. The van der Waals surface area contributed by atoms with E-state index in [0.717, 1.165) is 17.5 Å². The van der Waals surface area contributed by atoms with Crippen LogP contribution in [0.25, 0.3) is 16.7 Å². The average molecular weight is 421 g/mol. The lowest BCUT2D eigenvalue weighted by Gasteiger charge is -2.17. The molecule has 0 radical (unpaired) electrons. The SMILES string of the molecule is CSCC[C@H](NS(=O)(=O)c1cccc2nsnc12)c1nnc2ccccn12. The molecule has 27 heavy (non-hydrogen) atoms. The summed E-state index contributed by atoms with van der Waals surface area (Å²) in [4.78, 5) is 0.122. The lowest BCUT2D eigenvalue weighted by molar-refractivity contribution is 0.537. The fourth-order valence-corrected chi connectivity index (χ4v) is 5.29. The summed E-state index contributed by atoms with van der Waals surface area (Å²) < 4.78 is 39.1. The number of rotatable bonds is 7. The van der Waals surface area contributed by atoms with Gasteiger partial charge in [0.2, 0.25) is 10.0 Å². The van der Waals surface area contributed by atoms with Gasteiger partial charge in [-0.15, -0.1) is 10.2 Å². The summed E-state index contributed by atoms with van der Waals surface area (Å²) in [5, 5.41) is 8.37. The average Bonchev–Trinajstić information content (AvgIpc) is 3.31. The molecule has 0 aliphatic rings. The van der Waals surface area contributed by atoms with E-state index >= 15 is 0 Å². The van der Waals surface area contributed by atoms with Gasteiger partial charge in [-0.2, -0.15) is 20.5 Å². The van der Waals surface area contributed by atoms with Gasteiger partial charge in [0, 0.05) is 6.20 Å². The molecule has 0 saturated carbocycles. The Bertz CT molecular complexity index is 1190. The highest BCUT2D eigenvalue weighted by Gasteiger charge is 2.27. The van der Waals surface area contributed by atoms with Crippen LogP contribution in [0.1, 0.15) is 18.3 Å². The van der Waals surface area contributed by atoms with Crippen LogP contribution in [0.15, 0.2) is 47.5 Å². The van der Waals surface area contributed by atoms with Crippen molar-refractivity contribution in [1.29, 1.82) is 0 Å². The second-order valence-electron chi connectivity index (χ2n) is 5.83. The van der Waals surface area contributed by atoms with E-state index in [1.807, 2.05) is 30.7 Å². The number of nitrogens with one attached hydrogen (secondary N) is 1. The fourth-order valence-electron chi connectivity index (χ4n) is 2.82. The van der Waals surface area contributed by atoms with Crippen molar-refractivity contribution in [2.75, 3.05) is 12.0 Å². The molecule has 0 fully saturated rings. The minimum atomic E-state index is -3.82. The van der Waals surface area contributed by atoms with Gasteiger partial charge >= 0.3 is 0 Å². The lowest BCUT2D eigenvalue weighted by Crippen LogP contribution is -2.30. The number of thioether (sulfide) groups is 1. The normalized spacial score (nSPS) is 13.4. The highest BCUT2D eigenvalue weighted by molar-refractivity contribution is 7.98. The molecule has 0 bridgehead atoms. The van der Waals surface area contributed by atoms with Crippen LogP contribution in [0.5, 0.6) is 0 Å². The minimum absolute atomic E-state index is 0.122. The Labute approximate surface area is 164 Å². The minimum Gasteiger partial charge on any atom is -0.285 e. The number of hydrogen-bond acceptors (Lipinski definition) is 8. The van der Waals surface area contributed by atoms with Gasteiger partial charge in [-0.1, -0.05) is 12.1 Å². The third kappa shape index (κ3) is 3.55. The van der Waals surface area contributed by atoms with Crippen LogP contribution >= 0.6 is 23.5 Å². The molecule has 0 saturated heterocycles. The van der Waals surface area contributed by atoms with Crippen LogP contribution in [-0.2, 0) is 10.0 Å². The van der Waals surface area contributed by atoms with Crippen molar-refractivity contribution in [3.05, 3.63) is 48.4 Å². The van der Waals surface area contributed by atoms with E-state index in [1.54, 1.807) is 34.4 Å². The zero-order valence-electron chi connectivity index (χ0n) is 14.3. The van der Waals surface area contributed by atoms with Crippen molar-refractivity contribution in [2.24, 2.45) is 0 Å². The largest absolute Gasteiger partial charge is 0.285 e. The van der Waals surface area contributed by atoms with Crippen molar-refractivity contribution < 1.29 is 8.42 Å². The maximum atomic E-state index is 13.1. The van der Waals surface area contributed by atoms with Gasteiger partial charge in [-0.05, 0) is 42.7 Å². The summed E-state index contributed by atoms with van der Waals surface area (Å²) in [5.74, 6) is 1.34. The Morgan fingerprint density at radius 2 is 2.07 bits per heavy atom. The summed E-state index contributed by atoms with van der Waals surface area (Å²) in [6.45, 7) is 0. The molecule has 8 nitrogen and oxygen atoms in total. The van der Waals surface area contributed by atoms with E-state index in [1.165, 1.54) is 0 Å². The molecule has 0 aliphatic heterocycles. The molecule has 11 heteroatoms. The first kappa shape index (κ1) is 18.3. The highest BCUT2D eigenvalue weighted by atomic mass is 32.2. The van der Waals surface area contributed by atoms with E-state index in [4.69, 9.17) is 0 Å².